The molecule has 0 aliphatic heterocycles. The van der Waals surface area contributed by atoms with Crippen LogP contribution in [-0.2, 0) is 0 Å². The number of nitrogens with zero attached hydrogens (tertiary/aromatic N) is 1. The Morgan fingerprint density at radius 1 is 0.939 bits per heavy atom. The number of carbonyl (C=O) groups excluding carboxylic acids is 2. The average molecular weight is 489 g/mol. The summed E-state index contributed by atoms with van der Waals surface area (Å²) in [4.78, 5) is 26.6. The molecule has 0 saturated heterocycles. The third-order valence-corrected chi connectivity index (χ3v) is 5.53. The van der Waals surface area contributed by atoms with Crippen molar-refractivity contribution < 1.29 is 14.0 Å². The number of nitrogens with one attached hydrogen (secondary N) is 3. The summed E-state index contributed by atoms with van der Waals surface area (Å²) in [7, 11) is 0. The summed E-state index contributed by atoms with van der Waals surface area (Å²) >= 11 is 12.0. The molecule has 9 heteroatoms. The lowest BCUT2D eigenvalue weighted by Crippen LogP contribution is -2.38. The molecular formula is C24H23Cl2FN4O2. The van der Waals surface area contributed by atoms with Gasteiger partial charge in [0.15, 0.2) is 0 Å². The second-order valence-corrected chi connectivity index (χ2v) is 8.05. The molecule has 4 amide bonds. The maximum Gasteiger partial charge on any atom is 0.326 e. The molecule has 0 saturated carbocycles. The maximum atomic E-state index is 13.4. The van der Waals surface area contributed by atoms with Gasteiger partial charge in [-0.05, 0) is 67.4 Å². The predicted octanol–water partition coefficient (Wildman–Crippen LogP) is 6.69. The quantitative estimate of drug-likeness (QED) is 0.324. The predicted molar refractivity (Wildman–Crippen MR) is 132 cm³/mol. The van der Waals surface area contributed by atoms with Crippen molar-refractivity contribution in [1.29, 1.82) is 0 Å². The van der Waals surface area contributed by atoms with Crippen LogP contribution in [0.2, 0.25) is 10.0 Å². The summed E-state index contributed by atoms with van der Waals surface area (Å²) in [6.45, 7) is 2.52. The van der Waals surface area contributed by atoms with Gasteiger partial charge in [-0.3, -0.25) is 4.90 Å². The Hall–Kier alpha value is -3.29. The van der Waals surface area contributed by atoms with E-state index in [9.17, 15) is 14.0 Å². The molecule has 0 unspecified atom stereocenters. The first-order chi connectivity index (χ1) is 15.8. The zero-order chi connectivity index (χ0) is 23.8. The molecule has 0 spiro atoms. The molecule has 3 rings (SSSR count). The van der Waals surface area contributed by atoms with Gasteiger partial charge in [-0.1, -0.05) is 41.4 Å². The fraction of sp³-hybridized carbons (Fsp3) is 0.167. The Bertz CT molecular complexity index is 1130. The molecule has 172 valence electrons. The van der Waals surface area contributed by atoms with Gasteiger partial charge in [0.05, 0.1) is 10.0 Å². The van der Waals surface area contributed by atoms with Crippen molar-refractivity contribution in [3.8, 4) is 0 Å². The molecule has 3 aromatic carbocycles. The van der Waals surface area contributed by atoms with Gasteiger partial charge >= 0.3 is 12.1 Å². The maximum absolute atomic E-state index is 13.4. The van der Waals surface area contributed by atoms with Crippen LogP contribution in [-0.4, -0.2) is 25.2 Å². The van der Waals surface area contributed by atoms with E-state index in [1.54, 1.807) is 18.2 Å². The molecule has 0 fully saturated rings. The van der Waals surface area contributed by atoms with E-state index in [1.807, 2.05) is 31.2 Å². The summed E-state index contributed by atoms with van der Waals surface area (Å²) in [6, 6.07) is 17.0. The fourth-order valence-electron chi connectivity index (χ4n) is 3.05. The minimum atomic E-state index is -0.427. The van der Waals surface area contributed by atoms with Gasteiger partial charge in [-0.2, -0.15) is 0 Å². The minimum absolute atomic E-state index is 0.281. The van der Waals surface area contributed by atoms with Crippen molar-refractivity contribution in [3.63, 3.8) is 0 Å². The monoisotopic (exact) mass is 488 g/mol. The number of rotatable bonds is 7. The lowest BCUT2D eigenvalue weighted by molar-refractivity contribution is 0.252. The van der Waals surface area contributed by atoms with Gasteiger partial charge in [0.2, 0.25) is 0 Å². The number of para-hydroxylation sites is 1. The van der Waals surface area contributed by atoms with Crippen LogP contribution in [0.5, 0.6) is 0 Å². The lowest BCUT2D eigenvalue weighted by atomic mass is 10.2. The van der Waals surface area contributed by atoms with Crippen LogP contribution in [0, 0.1) is 12.7 Å². The zero-order valence-corrected chi connectivity index (χ0v) is 19.4. The normalized spacial score (nSPS) is 10.4. The van der Waals surface area contributed by atoms with Gasteiger partial charge < -0.3 is 16.0 Å². The fourth-order valence-corrected chi connectivity index (χ4v) is 3.35. The molecule has 0 aliphatic carbocycles. The van der Waals surface area contributed by atoms with Crippen LogP contribution in [0.15, 0.2) is 66.7 Å². The highest BCUT2D eigenvalue weighted by molar-refractivity contribution is 6.42. The van der Waals surface area contributed by atoms with E-state index in [0.29, 0.717) is 34.4 Å². The molecule has 6 nitrogen and oxygen atoms in total. The van der Waals surface area contributed by atoms with E-state index in [0.717, 1.165) is 11.3 Å². The van der Waals surface area contributed by atoms with Crippen LogP contribution in [0.1, 0.15) is 12.0 Å². The van der Waals surface area contributed by atoms with Crippen molar-refractivity contribution in [2.75, 3.05) is 28.6 Å². The number of benzene rings is 3. The molecule has 0 bridgehead atoms. The molecule has 0 atom stereocenters. The SMILES string of the molecule is Cc1ccccc1NC(=O)NCCCN(C(=O)Nc1ccc(Cl)c(Cl)c1)c1ccc(F)cc1. The van der Waals surface area contributed by atoms with E-state index < -0.39 is 11.8 Å². The summed E-state index contributed by atoms with van der Waals surface area (Å²) < 4.78 is 13.4. The average Bonchev–Trinajstić information content (AvgIpc) is 2.78. The number of carbonyl (C=O) groups is 2. The molecule has 0 aliphatic rings. The Morgan fingerprint density at radius 2 is 1.67 bits per heavy atom. The molecule has 0 heterocycles. The first kappa shape index (κ1) is 24.4. The van der Waals surface area contributed by atoms with E-state index in [4.69, 9.17) is 23.2 Å². The zero-order valence-electron chi connectivity index (χ0n) is 17.9. The molecule has 33 heavy (non-hydrogen) atoms. The number of urea groups is 2. The Labute approximate surface area is 201 Å². The van der Waals surface area contributed by atoms with Gasteiger partial charge in [-0.25, -0.2) is 14.0 Å². The van der Waals surface area contributed by atoms with E-state index >= 15 is 0 Å². The molecule has 3 N–H and O–H groups in total. The highest BCUT2D eigenvalue weighted by Gasteiger charge is 2.16. The highest BCUT2D eigenvalue weighted by atomic mass is 35.5. The Balaban J connectivity index is 1.60. The minimum Gasteiger partial charge on any atom is -0.338 e. The van der Waals surface area contributed by atoms with Gasteiger partial charge in [0, 0.05) is 30.2 Å². The van der Waals surface area contributed by atoms with Crippen molar-refractivity contribution in [2.24, 2.45) is 0 Å². The highest BCUT2D eigenvalue weighted by Crippen LogP contribution is 2.26. The van der Waals surface area contributed by atoms with E-state index in [2.05, 4.69) is 16.0 Å². The van der Waals surface area contributed by atoms with Crippen molar-refractivity contribution in [3.05, 3.63) is 88.2 Å². The van der Waals surface area contributed by atoms with Crippen LogP contribution in [0.3, 0.4) is 0 Å². The van der Waals surface area contributed by atoms with Crippen molar-refractivity contribution in [1.82, 2.24) is 5.32 Å². The smallest absolute Gasteiger partial charge is 0.326 e. The van der Waals surface area contributed by atoms with Gasteiger partial charge in [-0.15, -0.1) is 0 Å². The van der Waals surface area contributed by atoms with Crippen molar-refractivity contribution >= 4 is 52.3 Å². The topological polar surface area (TPSA) is 73.5 Å². The summed E-state index contributed by atoms with van der Waals surface area (Å²) in [5, 5.41) is 9.02. The standard InChI is InChI=1S/C24H23Cl2FN4O2/c1-16-5-2-3-6-22(16)30-23(32)28-13-4-14-31(19-10-7-17(27)8-11-19)24(33)29-18-9-12-20(25)21(26)15-18/h2-3,5-12,15H,4,13-14H2,1H3,(H,29,33)(H2,28,30,32). The second kappa shape index (κ2) is 11.5. The number of anilines is 3. The third-order valence-electron chi connectivity index (χ3n) is 4.79. The lowest BCUT2D eigenvalue weighted by Gasteiger charge is -2.23. The number of aryl methyl sites for hydroxylation is 1. The number of hydrogen-bond acceptors (Lipinski definition) is 2. The first-order valence-electron chi connectivity index (χ1n) is 10.2. The number of halogens is 3. The summed E-state index contributed by atoms with van der Waals surface area (Å²) in [5.74, 6) is -0.405. The van der Waals surface area contributed by atoms with Crippen LogP contribution in [0.25, 0.3) is 0 Å². The van der Waals surface area contributed by atoms with E-state index in [1.165, 1.54) is 29.2 Å². The van der Waals surface area contributed by atoms with Crippen LogP contribution >= 0.6 is 23.2 Å². The largest absolute Gasteiger partial charge is 0.338 e. The third kappa shape index (κ3) is 7.10. The summed E-state index contributed by atoms with van der Waals surface area (Å²) in [6.07, 6.45) is 0.466. The molecular weight excluding hydrogens is 466 g/mol. The van der Waals surface area contributed by atoms with Crippen LogP contribution < -0.4 is 20.9 Å². The molecule has 3 aromatic rings. The van der Waals surface area contributed by atoms with Gasteiger partial charge in [0.1, 0.15) is 5.82 Å². The van der Waals surface area contributed by atoms with E-state index in [-0.39, 0.29) is 12.6 Å². The Kier molecular flexibility index (Phi) is 8.52. The molecule has 0 aromatic heterocycles. The van der Waals surface area contributed by atoms with Gasteiger partial charge in [0.25, 0.3) is 0 Å². The second-order valence-electron chi connectivity index (χ2n) is 7.24. The number of hydrogen-bond donors (Lipinski definition) is 3. The van der Waals surface area contributed by atoms with Crippen molar-refractivity contribution in [2.45, 2.75) is 13.3 Å². The van der Waals surface area contributed by atoms with Crippen LogP contribution in [0.4, 0.5) is 31.0 Å². The Morgan fingerprint density at radius 3 is 2.36 bits per heavy atom. The number of amides is 4. The summed E-state index contributed by atoms with van der Waals surface area (Å²) in [5.41, 5.74) is 2.66. The molecule has 0 radical (unpaired) electrons. The first-order valence-corrected chi connectivity index (χ1v) is 11.0.